The molecule has 46 heavy (non-hydrogen) atoms. The minimum absolute atomic E-state index is 1.18. The fourth-order valence-electron chi connectivity index (χ4n) is 8.13. The highest BCUT2D eigenvalue weighted by Gasteiger charge is 2.24. The first-order chi connectivity index (χ1) is 22.8. The van der Waals surface area contributed by atoms with E-state index in [4.69, 9.17) is 0 Å². The Bertz CT molecular complexity index is 2920. The van der Waals surface area contributed by atoms with Gasteiger partial charge in [-0.2, -0.15) is 0 Å². The maximum Gasteiger partial charge on any atom is 0.0548 e. The fourth-order valence-corrected chi connectivity index (χ4v) is 9.40. The van der Waals surface area contributed by atoms with Gasteiger partial charge in [0.05, 0.1) is 11.0 Å². The molecule has 0 spiro atoms. The molecule has 0 radical (unpaired) electrons. The van der Waals surface area contributed by atoms with Crippen molar-refractivity contribution in [3.63, 3.8) is 0 Å². The van der Waals surface area contributed by atoms with E-state index in [1.165, 1.54) is 103 Å². The van der Waals surface area contributed by atoms with Crippen LogP contribution in [-0.4, -0.2) is 4.57 Å². The molecule has 10 aromatic rings. The van der Waals surface area contributed by atoms with Gasteiger partial charge in [0.2, 0.25) is 0 Å². The molecule has 0 saturated carbocycles. The molecule has 0 bridgehead atoms. The minimum atomic E-state index is 1.18. The Morgan fingerprint density at radius 3 is 1.91 bits per heavy atom. The van der Waals surface area contributed by atoms with Gasteiger partial charge in [-0.05, 0) is 91.3 Å². The standard InChI is InChI=1S/C44H25NS/c1-2-10-28-25-40-37(24-27(28)9-1)36-19-7-16-31(44(36)46-40)29-12-5-13-30(23-29)45-38-20-8-18-35-33-15-4-3-14-32(33)34-17-6-11-26-21-22-39(45)43(41(26)34)42(35)38/h1-25H. The molecule has 0 unspecified atom stereocenters. The fraction of sp³-hybridized carbons (Fsp3) is 0. The van der Waals surface area contributed by atoms with Crippen molar-refractivity contribution in [1.29, 1.82) is 0 Å². The summed E-state index contributed by atoms with van der Waals surface area (Å²) in [6.45, 7) is 0. The zero-order valence-electron chi connectivity index (χ0n) is 24.8. The second kappa shape index (κ2) is 8.94. The average molecular weight is 600 g/mol. The zero-order valence-corrected chi connectivity index (χ0v) is 25.6. The molecule has 0 saturated heterocycles. The number of nitrogens with zero attached hydrogens (tertiary/aromatic N) is 1. The van der Waals surface area contributed by atoms with Crippen LogP contribution in [0.25, 0.3) is 103 Å². The number of fused-ring (bicyclic) bond motifs is 7. The van der Waals surface area contributed by atoms with Gasteiger partial charge in [-0.25, -0.2) is 0 Å². The lowest BCUT2D eigenvalue weighted by molar-refractivity contribution is 1.18. The monoisotopic (exact) mass is 599 g/mol. The van der Waals surface area contributed by atoms with Crippen molar-refractivity contribution < 1.29 is 0 Å². The van der Waals surface area contributed by atoms with Gasteiger partial charge < -0.3 is 4.57 Å². The van der Waals surface area contributed by atoms with Crippen LogP contribution < -0.4 is 0 Å². The first-order valence-corrected chi connectivity index (χ1v) is 16.7. The smallest absolute Gasteiger partial charge is 0.0548 e. The summed E-state index contributed by atoms with van der Waals surface area (Å²) in [6.07, 6.45) is 0. The molecule has 212 valence electrons. The third-order valence-corrected chi connectivity index (χ3v) is 11.3. The van der Waals surface area contributed by atoms with Crippen LogP contribution in [0.3, 0.4) is 0 Å². The molecule has 1 nitrogen and oxygen atoms in total. The summed E-state index contributed by atoms with van der Waals surface area (Å²) in [7, 11) is 0. The van der Waals surface area contributed by atoms with Crippen LogP contribution in [0.4, 0.5) is 0 Å². The molecule has 11 rings (SSSR count). The molecular weight excluding hydrogens is 575 g/mol. The predicted octanol–water partition coefficient (Wildman–Crippen LogP) is 12.8. The van der Waals surface area contributed by atoms with Gasteiger partial charge in [-0.3, -0.25) is 0 Å². The SMILES string of the molecule is c1cc(-c2cccc3c2sc2cc4ccccc4cc23)cc(-n2c3cccc4c3c3c5c(cccc5ccc32)-c2ccccc2-4)c1. The van der Waals surface area contributed by atoms with Crippen LogP contribution >= 0.6 is 11.3 Å². The third-order valence-electron chi connectivity index (χ3n) is 10.1. The molecule has 2 heteroatoms. The molecule has 2 aromatic heterocycles. The zero-order chi connectivity index (χ0) is 29.9. The van der Waals surface area contributed by atoms with Gasteiger partial charge in [0.15, 0.2) is 0 Å². The maximum absolute atomic E-state index is 2.49. The summed E-state index contributed by atoms with van der Waals surface area (Å²) < 4.78 is 5.17. The highest BCUT2D eigenvalue weighted by Crippen LogP contribution is 2.50. The van der Waals surface area contributed by atoms with Crippen molar-refractivity contribution in [1.82, 2.24) is 4.57 Å². The van der Waals surface area contributed by atoms with E-state index >= 15 is 0 Å². The van der Waals surface area contributed by atoms with Crippen LogP contribution in [0.5, 0.6) is 0 Å². The summed E-state index contributed by atoms with van der Waals surface area (Å²) in [5.74, 6) is 0. The van der Waals surface area contributed by atoms with Gasteiger partial charge in [0.25, 0.3) is 0 Å². The number of thiophene rings is 1. The largest absolute Gasteiger partial charge is 0.309 e. The van der Waals surface area contributed by atoms with Crippen molar-refractivity contribution in [2.75, 3.05) is 0 Å². The van der Waals surface area contributed by atoms with E-state index < -0.39 is 0 Å². The van der Waals surface area contributed by atoms with Crippen LogP contribution in [-0.2, 0) is 0 Å². The molecule has 0 aliphatic heterocycles. The lowest BCUT2D eigenvalue weighted by Crippen LogP contribution is -1.95. The number of rotatable bonds is 2. The molecular formula is C44H25NS. The van der Waals surface area contributed by atoms with E-state index in [0.29, 0.717) is 0 Å². The van der Waals surface area contributed by atoms with E-state index in [0.717, 1.165) is 0 Å². The van der Waals surface area contributed by atoms with E-state index in [1.807, 2.05) is 11.3 Å². The van der Waals surface area contributed by atoms with Crippen molar-refractivity contribution >= 4 is 74.9 Å². The first-order valence-electron chi connectivity index (χ1n) is 15.9. The Balaban J connectivity index is 1.20. The summed E-state index contributed by atoms with van der Waals surface area (Å²) in [6, 6.07) is 56.4. The topological polar surface area (TPSA) is 4.93 Å². The Morgan fingerprint density at radius 2 is 1.04 bits per heavy atom. The molecule has 2 heterocycles. The van der Waals surface area contributed by atoms with Crippen molar-refractivity contribution in [3.8, 4) is 39.1 Å². The first kappa shape index (κ1) is 24.6. The normalized spacial score (nSPS) is 12.3. The molecule has 1 aliphatic rings. The summed E-state index contributed by atoms with van der Waals surface area (Å²) in [5.41, 5.74) is 11.4. The van der Waals surface area contributed by atoms with Crippen molar-refractivity contribution in [2.24, 2.45) is 0 Å². The van der Waals surface area contributed by atoms with E-state index in [1.54, 1.807) is 0 Å². The number of benzene rings is 8. The van der Waals surface area contributed by atoms with Gasteiger partial charge in [0, 0.05) is 36.6 Å². The number of hydrogen-bond donors (Lipinski definition) is 0. The number of hydrogen-bond acceptors (Lipinski definition) is 1. The lowest BCUT2D eigenvalue weighted by Gasteiger charge is -2.14. The van der Waals surface area contributed by atoms with E-state index in [-0.39, 0.29) is 0 Å². The average Bonchev–Trinajstić information content (AvgIpc) is 3.61. The van der Waals surface area contributed by atoms with Crippen LogP contribution in [0.15, 0.2) is 152 Å². The maximum atomic E-state index is 2.49. The van der Waals surface area contributed by atoms with Gasteiger partial charge in [-0.1, -0.05) is 115 Å². The van der Waals surface area contributed by atoms with Crippen LogP contribution in [0.2, 0.25) is 0 Å². The van der Waals surface area contributed by atoms with Gasteiger partial charge >= 0.3 is 0 Å². The second-order valence-corrected chi connectivity index (χ2v) is 13.5. The Morgan fingerprint density at radius 1 is 0.391 bits per heavy atom. The predicted molar refractivity (Wildman–Crippen MR) is 199 cm³/mol. The molecule has 0 N–H and O–H groups in total. The molecule has 0 fully saturated rings. The Labute approximate surface area is 269 Å². The Kier molecular flexibility index (Phi) is 4.78. The van der Waals surface area contributed by atoms with E-state index in [2.05, 4.69) is 156 Å². The molecule has 0 atom stereocenters. The molecule has 0 amide bonds. The van der Waals surface area contributed by atoms with Crippen molar-refractivity contribution in [2.45, 2.75) is 0 Å². The second-order valence-electron chi connectivity index (χ2n) is 12.5. The highest BCUT2D eigenvalue weighted by molar-refractivity contribution is 7.26. The number of aromatic nitrogens is 1. The summed E-state index contributed by atoms with van der Waals surface area (Å²) in [4.78, 5) is 0. The molecule has 1 aliphatic carbocycles. The van der Waals surface area contributed by atoms with Gasteiger partial charge in [-0.15, -0.1) is 11.3 Å². The summed E-state index contributed by atoms with van der Waals surface area (Å²) in [5, 5.41) is 10.6. The third kappa shape index (κ3) is 3.19. The van der Waals surface area contributed by atoms with Gasteiger partial charge in [0.1, 0.15) is 0 Å². The highest BCUT2D eigenvalue weighted by atomic mass is 32.1. The van der Waals surface area contributed by atoms with Crippen LogP contribution in [0.1, 0.15) is 0 Å². The Hall–Kier alpha value is -5.70. The summed E-state index contributed by atoms with van der Waals surface area (Å²) >= 11 is 1.91. The lowest BCUT2D eigenvalue weighted by atomic mass is 9.93. The van der Waals surface area contributed by atoms with E-state index in [9.17, 15) is 0 Å². The van der Waals surface area contributed by atoms with Crippen LogP contribution in [0, 0.1) is 0 Å². The quantitative estimate of drug-likeness (QED) is 0.186. The minimum Gasteiger partial charge on any atom is -0.309 e. The molecule has 8 aromatic carbocycles. The van der Waals surface area contributed by atoms with Crippen molar-refractivity contribution in [3.05, 3.63) is 152 Å².